The van der Waals surface area contributed by atoms with Crippen molar-refractivity contribution in [1.29, 1.82) is 5.26 Å². The molecule has 0 spiro atoms. The molecule has 1 aliphatic rings. The van der Waals surface area contributed by atoms with E-state index in [0.29, 0.717) is 5.69 Å². The zero-order valence-electron chi connectivity index (χ0n) is 19.8. The van der Waals surface area contributed by atoms with Gasteiger partial charge in [-0.3, -0.25) is 4.79 Å². The average molecular weight is 510 g/mol. The lowest BCUT2D eigenvalue weighted by Crippen LogP contribution is -2.49. The lowest BCUT2D eigenvalue weighted by atomic mass is 10.1. The van der Waals surface area contributed by atoms with Gasteiger partial charge in [0.25, 0.3) is 5.91 Å². The summed E-state index contributed by atoms with van der Waals surface area (Å²) in [5.74, 6) is -0.158. The Morgan fingerprint density at radius 2 is 1.66 bits per heavy atom. The van der Waals surface area contributed by atoms with Crippen LogP contribution < -0.4 is 9.64 Å². The fourth-order valence-corrected chi connectivity index (χ4v) is 4.37. The molecule has 0 N–H and O–H groups in total. The van der Waals surface area contributed by atoms with Crippen LogP contribution in [-0.2, 0) is 16.0 Å². The maximum atomic E-state index is 13.4. The Morgan fingerprint density at radius 3 is 2.17 bits per heavy atom. The topological polar surface area (TPSA) is 90.7 Å². The zero-order valence-corrected chi connectivity index (χ0v) is 20.6. The largest absolute Gasteiger partial charge is 0.487 e. The van der Waals surface area contributed by atoms with Crippen LogP contribution in [0.15, 0.2) is 41.3 Å². The van der Waals surface area contributed by atoms with Gasteiger partial charge in [-0.2, -0.15) is 18.4 Å². The van der Waals surface area contributed by atoms with Gasteiger partial charge in [-0.25, -0.2) is 8.42 Å². The second kappa shape index (κ2) is 9.41. The first-order chi connectivity index (χ1) is 16.1. The standard InChI is InChI=1S/C24H26F3N3O4S/c1-23(2,3)34-21-8-6-18(35(4,32)33)14-19(21)22(31)30-11-9-29(10-12-30)20-7-5-17(24(25,26)27)13-16(20)15-28/h5-8,13-14H,9-12H2,1-4H3. The van der Waals surface area contributed by atoms with E-state index in [1.165, 1.54) is 29.2 Å². The molecule has 2 aromatic rings. The predicted octanol–water partition coefficient (Wildman–Crippen LogP) is 4.12. The number of amides is 1. The molecule has 188 valence electrons. The molecule has 0 bridgehead atoms. The van der Waals surface area contributed by atoms with Gasteiger partial charge in [-0.15, -0.1) is 0 Å². The SMILES string of the molecule is CC(C)(C)Oc1ccc(S(C)(=O)=O)cc1C(=O)N1CCN(c2ccc(C(F)(F)F)cc2C#N)CC1. The Hall–Kier alpha value is -3.26. The number of hydrogen-bond donors (Lipinski definition) is 0. The van der Waals surface area contributed by atoms with Crippen molar-refractivity contribution in [3.8, 4) is 11.8 Å². The molecule has 0 unspecified atom stereocenters. The zero-order chi connectivity index (χ0) is 26.2. The van der Waals surface area contributed by atoms with Gasteiger partial charge >= 0.3 is 6.18 Å². The monoisotopic (exact) mass is 509 g/mol. The van der Waals surface area contributed by atoms with Crippen LogP contribution >= 0.6 is 0 Å². The molecule has 35 heavy (non-hydrogen) atoms. The van der Waals surface area contributed by atoms with Crippen molar-refractivity contribution in [1.82, 2.24) is 4.90 Å². The van der Waals surface area contributed by atoms with Crippen LogP contribution in [0.4, 0.5) is 18.9 Å². The summed E-state index contributed by atoms with van der Waals surface area (Å²) in [7, 11) is -3.56. The second-order valence-corrected chi connectivity index (χ2v) is 11.3. The summed E-state index contributed by atoms with van der Waals surface area (Å²) in [6.07, 6.45) is -3.50. The van der Waals surface area contributed by atoms with Crippen molar-refractivity contribution in [2.45, 2.75) is 37.4 Å². The number of alkyl halides is 3. The molecule has 0 atom stereocenters. The summed E-state index contributed by atoms with van der Waals surface area (Å²) in [5, 5.41) is 9.37. The van der Waals surface area contributed by atoms with E-state index in [9.17, 15) is 31.6 Å². The summed E-state index contributed by atoms with van der Waals surface area (Å²) in [5.41, 5.74) is -1.14. The molecule has 0 radical (unpaired) electrons. The Balaban J connectivity index is 1.84. The lowest BCUT2D eigenvalue weighted by Gasteiger charge is -2.37. The molecule has 0 saturated carbocycles. The van der Waals surface area contributed by atoms with Gasteiger partial charge in [0, 0.05) is 32.4 Å². The number of rotatable bonds is 4. The van der Waals surface area contributed by atoms with Crippen molar-refractivity contribution in [3.63, 3.8) is 0 Å². The van der Waals surface area contributed by atoms with Crippen LogP contribution in [0.3, 0.4) is 0 Å². The number of nitriles is 1. The molecule has 0 aliphatic carbocycles. The Bertz CT molecular complexity index is 1270. The lowest BCUT2D eigenvalue weighted by molar-refractivity contribution is -0.137. The number of ether oxygens (including phenoxy) is 1. The molecule has 1 fully saturated rings. The minimum Gasteiger partial charge on any atom is -0.487 e. The Kier molecular flexibility index (Phi) is 7.09. The van der Waals surface area contributed by atoms with E-state index >= 15 is 0 Å². The third kappa shape index (κ3) is 6.25. The van der Waals surface area contributed by atoms with Crippen LogP contribution in [0.25, 0.3) is 0 Å². The average Bonchev–Trinajstić information content (AvgIpc) is 2.76. The molecule has 1 heterocycles. The summed E-state index contributed by atoms with van der Waals surface area (Å²) < 4.78 is 69.0. The molecule has 1 amide bonds. The number of hydrogen-bond acceptors (Lipinski definition) is 6. The highest BCUT2D eigenvalue weighted by Gasteiger charge is 2.32. The number of nitrogens with zero attached hydrogens (tertiary/aromatic N) is 3. The van der Waals surface area contributed by atoms with Gasteiger partial charge in [0.15, 0.2) is 9.84 Å². The maximum absolute atomic E-state index is 13.4. The summed E-state index contributed by atoms with van der Waals surface area (Å²) in [6.45, 7) is 6.44. The summed E-state index contributed by atoms with van der Waals surface area (Å²) in [6, 6.07) is 8.99. The van der Waals surface area contributed by atoms with Crippen LogP contribution in [0.5, 0.6) is 5.75 Å². The molecular formula is C24H26F3N3O4S. The Morgan fingerprint density at radius 1 is 1.03 bits per heavy atom. The van der Waals surface area contributed by atoms with E-state index in [1.807, 2.05) is 6.07 Å². The first-order valence-corrected chi connectivity index (χ1v) is 12.7. The van der Waals surface area contributed by atoms with Crippen molar-refractivity contribution in [3.05, 3.63) is 53.1 Å². The molecule has 1 saturated heterocycles. The molecule has 11 heteroatoms. The van der Waals surface area contributed by atoms with Crippen LogP contribution in [0.1, 0.15) is 42.3 Å². The number of benzene rings is 2. The van der Waals surface area contributed by atoms with E-state index < -0.39 is 33.1 Å². The van der Waals surface area contributed by atoms with E-state index in [-0.39, 0.29) is 48.0 Å². The summed E-state index contributed by atoms with van der Waals surface area (Å²) in [4.78, 5) is 16.6. The minimum absolute atomic E-state index is 0.0100. The fraction of sp³-hybridized carbons (Fsp3) is 0.417. The molecule has 1 aliphatic heterocycles. The highest BCUT2D eigenvalue weighted by Crippen LogP contribution is 2.33. The van der Waals surface area contributed by atoms with E-state index in [0.717, 1.165) is 18.4 Å². The maximum Gasteiger partial charge on any atom is 0.416 e. The minimum atomic E-state index is -4.55. The van der Waals surface area contributed by atoms with Crippen molar-refractivity contribution >= 4 is 21.4 Å². The number of halogens is 3. The highest BCUT2D eigenvalue weighted by molar-refractivity contribution is 7.90. The van der Waals surface area contributed by atoms with E-state index in [4.69, 9.17) is 4.74 Å². The molecular weight excluding hydrogens is 483 g/mol. The normalized spacial score (nSPS) is 15.0. The van der Waals surface area contributed by atoms with Crippen LogP contribution in [0, 0.1) is 11.3 Å². The Labute approximate surface area is 202 Å². The molecule has 3 rings (SSSR count). The third-order valence-corrected chi connectivity index (χ3v) is 6.49. The molecule has 7 nitrogen and oxygen atoms in total. The number of anilines is 1. The quantitative estimate of drug-likeness (QED) is 0.616. The van der Waals surface area contributed by atoms with Gasteiger partial charge in [0.1, 0.15) is 17.4 Å². The van der Waals surface area contributed by atoms with Crippen molar-refractivity contribution in [2.24, 2.45) is 0 Å². The van der Waals surface area contributed by atoms with Gasteiger partial charge in [-0.1, -0.05) is 0 Å². The predicted molar refractivity (Wildman–Crippen MR) is 124 cm³/mol. The van der Waals surface area contributed by atoms with Gasteiger partial charge < -0.3 is 14.5 Å². The number of piperazine rings is 1. The second-order valence-electron chi connectivity index (χ2n) is 9.27. The number of carbonyl (C=O) groups is 1. The van der Waals surface area contributed by atoms with Crippen LogP contribution in [0.2, 0.25) is 0 Å². The number of sulfone groups is 1. The fourth-order valence-electron chi connectivity index (χ4n) is 3.72. The smallest absolute Gasteiger partial charge is 0.416 e. The third-order valence-electron chi connectivity index (χ3n) is 5.38. The first-order valence-electron chi connectivity index (χ1n) is 10.8. The first kappa shape index (κ1) is 26.3. The van der Waals surface area contributed by atoms with Crippen LogP contribution in [-0.4, -0.2) is 57.3 Å². The van der Waals surface area contributed by atoms with Crippen molar-refractivity contribution < 1.29 is 31.1 Å². The van der Waals surface area contributed by atoms with Gasteiger partial charge in [-0.05, 0) is 57.2 Å². The highest BCUT2D eigenvalue weighted by atomic mass is 32.2. The number of carbonyl (C=O) groups excluding carboxylic acids is 1. The summed E-state index contributed by atoms with van der Waals surface area (Å²) >= 11 is 0. The van der Waals surface area contributed by atoms with Gasteiger partial charge in [0.05, 0.1) is 27.3 Å². The molecule has 0 aromatic heterocycles. The van der Waals surface area contributed by atoms with Crippen molar-refractivity contribution in [2.75, 3.05) is 37.3 Å². The molecule has 2 aromatic carbocycles. The van der Waals surface area contributed by atoms with E-state index in [2.05, 4.69) is 0 Å². The van der Waals surface area contributed by atoms with E-state index in [1.54, 1.807) is 25.7 Å². The van der Waals surface area contributed by atoms with Gasteiger partial charge in [0.2, 0.25) is 0 Å².